The minimum Gasteiger partial charge on any atom is -0.497 e. The zero-order valence-electron chi connectivity index (χ0n) is 26.4. The van der Waals surface area contributed by atoms with E-state index in [-0.39, 0.29) is 35.8 Å². The van der Waals surface area contributed by atoms with Crippen molar-refractivity contribution >= 4 is 49.4 Å². The fourth-order valence-corrected chi connectivity index (χ4v) is 6.85. The van der Waals surface area contributed by atoms with E-state index in [9.17, 15) is 18.0 Å². The molecule has 0 spiro atoms. The average Bonchev–Trinajstić information content (AvgIpc) is 3.46. The molecule has 2 amide bonds. The molecule has 3 aromatic carbocycles. The average molecular weight is 683 g/mol. The molecular formula is C32H38N6O7S2. The third kappa shape index (κ3) is 9.88. The number of aromatic nitrogens is 1. The van der Waals surface area contributed by atoms with Crippen LogP contribution in [0, 0.1) is 0 Å². The lowest BCUT2D eigenvalue weighted by molar-refractivity contribution is 0.0527. The number of oxime groups is 1. The fourth-order valence-electron chi connectivity index (χ4n) is 4.49. The van der Waals surface area contributed by atoms with Crippen molar-refractivity contribution in [3.8, 4) is 5.75 Å². The highest BCUT2D eigenvalue weighted by Gasteiger charge is 2.26. The van der Waals surface area contributed by atoms with Gasteiger partial charge in [0.2, 0.25) is 10.0 Å². The Morgan fingerprint density at radius 3 is 2.47 bits per heavy atom. The number of benzene rings is 3. The van der Waals surface area contributed by atoms with Crippen molar-refractivity contribution in [2.45, 2.75) is 50.2 Å². The number of ether oxygens (including phenoxy) is 2. The summed E-state index contributed by atoms with van der Waals surface area (Å²) in [6.45, 7) is 5.83. The molecule has 4 aromatic rings. The summed E-state index contributed by atoms with van der Waals surface area (Å²) < 4.78 is 41.6. The standard InChI is InChI=1S/C32H38N6O7S2/c1-32(2,3)45-31(40)35-15-7-14-34-29(39)22-10-6-11-24(18-22)47(42,43)38-26(17-20-8-5-9-21(16-20)28(33)37-41)30-36-25-13-12-23(44-4)19-27(25)46-30/h5-6,8-13,16,18-19,26,38,41H,7,14-15,17H2,1-4H3,(H2,33,37)(H,34,39)(H,35,40). The number of thiazole rings is 1. The van der Waals surface area contributed by atoms with Crippen LogP contribution < -0.4 is 25.8 Å². The van der Waals surface area contributed by atoms with Gasteiger partial charge >= 0.3 is 6.09 Å². The molecule has 1 heterocycles. The second-order valence-electron chi connectivity index (χ2n) is 11.5. The van der Waals surface area contributed by atoms with Crippen LogP contribution in [0.2, 0.25) is 0 Å². The van der Waals surface area contributed by atoms with Gasteiger partial charge in [0.1, 0.15) is 16.4 Å². The number of carbonyl (C=O) groups is 2. The zero-order chi connectivity index (χ0) is 34.2. The van der Waals surface area contributed by atoms with Crippen molar-refractivity contribution in [1.29, 1.82) is 0 Å². The summed E-state index contributed by atoms with van der Waals surface area (Å²) in [4.78, 5) is 29.3. The van der Waals surface area contributed by atoms with E-state index in [1.54, 1.807) is 64.3 Å². The van der Waals surface area contributed by atoms with Crippen molar-refractivity contribution in [1.82, 2.24) is 20.3 Å². The number of fused-ring (bicyclic) bond motifs is 1. The Morgan fingerprint density at radius 2 is 1.74 bits per heavy atom. The summed E-state index contributed by atoms with van der Waals surface area (Å²) in [5, 5.41) is 18.1. The van der Waals surface area contributed by atoms with E-state index in [1.165, 1.54) is 35.6 Å². The third-order valence-corrected chi connectivity index (χ3v) is 9.29. The number of methoxy groups -OCH3 is 1. The molecule has 15 heteroatoms. The number of sulfonamides is 1. The van der Waals surface area contributed by atoms with Gasteiger partial charge in [-0.25, -0.2) is 22.9 Å². The Morgan fingerprint density at radius 1 is 1.02 bits per heavy atom. The van der Waals surface area contributed by atoms with Crippen LogP contribution >= 0.6 is 11.3 Å². The van der Waals surface area contributed by atoms with Gasteiger partial charge in [-0.3, -0.25) is 4.79 Å². The van der Waals surface area contributed by atoms with E-state index in [2.05, 4.69) is 20.5 Å². The number of amides is 2. The molecule has 0 saturated heterocycles. The number of nitrogens with zero attached hydrogens (tertiary/aromatic N) is 2. The Bertz CT molecular complexity index is 1870. The fraction of sp³-hybridized carbons (Fsp3) is 0.312. The maximum absolute atomic E-state index is 13.8. The van der Waals surface area contributed by atoms with Gasteiger partial charge in [-0.05, 0) is 81.6 Å². The van der Waals surface area contributed by atoms with Crippen LogP contribution in [-0.4, -0.2) is 62.2 Å². The first-order valence-corrected chi connectivity index (χ1v) is 17.0. The minimum atomic E-state index is -4.16. The summed E-state index contributed by atoms with van der Waals surface area (Å²) in [6, 6.07) is 17.2. The smallest absolute Gasteiger partial charge is 0.407 e. The molecular weight excluding hydrogens is 645 g/mol. The number of nitrogens with two attached hydrogens (primary N) is 1. The number of rotatable bonds is 13. The number of carbonyl (C=O) groups excluding carboxylic acids is 2. The number of hydrogen-bond acceptors (Lipinski definition) is 10. The van der Waals surface area contributed by atoms with Crippen LogP contribution in [0.3, 0.4) is 0 Å². The van der Waals surface area contributed by atoms with E-state index in [1.807, 2.05) is 6.07 Å². The van der Waals surface area contributed by atoms with Crippen LogP contribution in [0.25, 0.3) is 10.2 Å². The molecule has 47 heavy (non-hydrogen) atoms. The van der Waals surface area contributed by atoms with Gasteiger partial charge in [0.05, 0.1) is 28.3 Å². The third-order valence-electron chi connectivity index (χ3n) is 6.69. The maximum atomic E-state index is 13.8. The largest absolute Gasteiger partial charge is 0.497 e. The predicted octanol–water partition coefficient (Wildman–Crippen LogP) is 4.31. The van der Waals surface area contributed by atoms with Gasteiger partial charge in [-0.1, -0.05) is 29.4 Å². The molecule has 0 aliphatic carbocycles. The molecule has 4 rings (SSSR count). The second-order valence-corrected chi connectivity index (χ2v) is 14.3. The van der Waals surface area contributed by atoms with E-state index in [0.717, 1.165) is 4.70 Å². The van der Waals surface area contributed by atoms with Crippen molar-refractivity contribution in [2.24, 2.45) is 10.9 Å². The SMILES string of the molecule is COc1ccc2nc(C(Cc3cccc(C(N)=NO)c3)NS(=O)(=O)c3cccc(C(=O)NCCCNC(=O)OC(C)(C)C)c3)sc2c1. The topological polar surface area (TPSA) is 194 Å². The van der Waals surface area contributed by atoms with Crippen molar-refractivity contribution in [3.63, 3.8) is 0 Å². The lowest BCUT2D eigenvalue weighted by Gasteiger charge is -2.19. The first-order chi connectivity index (χ1) is 22.3. The van der Waals surface area contributed by atoms with Gasteiger partial charge < -0.3 is 31.0 Å². The highest BCUT2D eigenvalue weighted by molar-refractivity contribution is 7.89. The molecule has 0 aliphatic rings. The van der Waals surface area contributed by atoms with E-state index >= 15 is 0 Å². The molecule has 6 N–H and O–H groups in total. The summed E-state index contributed by atoms with van der Waals surface area (Å²) in [5.41, 5.74) is 7.20. The van der Waals surface area contributed by atoms with Gasteiger partial charge in [0, 0.05) is 24.2 Å². The molecule has 1 unspecified atom stereocenters. The number of hydrogen-bond donors (Lipinski definition) is 5. The van der Waals surface area contributed by atoms with Crippen molar-refractivity contribution in [3.05, 3.63) is 88.4 Å². The van der Waals surface area contributed by atoms with Gasteiger partial charge in [-0.15, -0.1) is 11.3 Å². The lowest BCUT2D eigenvalue weighted by Crippen LogP contribution is -2.34. The summed E-state index contributed by atoms with van der Waals surface area (Å²) in [7, 11) is -2.59. The highest BCUT2D eigenvalue weighted by atomic mass is 32.2. The molecule has 0 radical (unpaired) electrons. The molecule has 1 atom stereocenters. The molecule has 250 valence electrons. The Kier molecular flexibility index (Phi) is 11.4. The summed E-state index contributed by atoms with van der Waals surface area (Å²) >= 11 is 1.33. The van der Waals surface area contributed by atoms with Crippen LogP contribution in [-0.2, 0) is 21.2 Å². The van der Waals surface area contributed by atoms with Gasteiger partial charge in [-0.2, -0.15) is 0 Å². The molecule has 0 fully saturated rings. The van der Waals surface area contributed by atoms with Gasteiger partial charge in [0.15, 0.2) is 5.84 Å². The quantitative estimate of drug-likeness (QED) is 0.0449. The van der Waals surface area contributed by atoms with Crippen LogP contribution in [0.1, 0.15) is 59.7 Å². The first-order valence-electron chi connectivity index (χ1n) is 14.7. The molecule has 13 nitrogen and oxygen atoms in total. The summed E-state index contributed by atoms with van der Waals surface area (Å²) in [6.07, 6.45) is 0.0891. The normalized spacial score (nSPS) is 12.8. The number of nitrogens with one attached hydrogen (secondary N) is 3. The van der Waals surface area contributed by atoms with Crippen molar-refractivity contribution in [2.75, 3.05) is 20.2 Å². The second kappa shape index (κ2) is 15.2. The minimum absolute atomic E-state index is 0.0783. The monoisotopic (exact) mass is 682 g/mol. The molecule has 0 saturated carbocycles. The Labute approximate surface area is 277 Å². The van der Waals surface area contributed by atoms with Crippen LogP contribution in [0.15, 0.2) is 76.8 Å². The molecule has 0 bridgehead atoms. The molecule has 0 aliphatic heterocycles. The van der Waals surface area contributed by atoms with E-state index in [4.69, 9.17) is 25.4 Å². The van der Waals surface area contributed by atoms with Crippen LogP contribution in [0.4, 0.5) is 4.79 Å². The number of amidine groups is 1. The summed E-state index contributed by atoms with van der Waals surface area (Å²) in [5.74, 6) is 0.104. The van der Waals surface area contributed by atoms with E-state index in [0.29, 0.717) is 33.8 Å². The van der Waals surface area contributed by atoms with Crippen LogP contribution in [0.5, 0.6) is 5.75 Å². The predicted molar refractivity (Wildman–Crippen MR) is 180 cm³/mol. The molecule has 1 aromatic heterocycles. The Balaban J connectivity index is 1.52. The van der Waals surface area contributed by atoms with E-state index < -0.39 is 33.7 Å². The number of alkyl carbamates (subject to hydrolysis) is 1. The van der Waals surface area contributed by atoms with Crippen molar-refractivity contribution < 1.29 is 32.7 Å². The Hall–Kier alpha value is -4.73. The maximum Gasteiger partial charge on any atom is 0.407 e. The van der Waals surface area contributed by atoms with Gasteiger partial charge in [0.25, 0.3) is 5.91 Å². The zero-order valence-corrected chi connectivity index (χ0v) is 28.1. The highest BCUT2D eigenvalue weighted by Crippen LogP contribution is 2.32. The first kappa shape index (κ1) is 35.1. The lowest BCUT2D eigenvalue weighted by atomic mass is 10.0.